The maximum atomic E-state index is 13.1. The number of ketones is 1. The lowest BCUT2D eigenvalue weighted by Crippen LogP contribution is -2.43. The van der Waals surface area contributed by atoms with Gasteiger partial charge in [-0.3, -0.25) is 9.59 Å². The van der Waals surface area contributed by atoms with Gasteiger partial charge in [-0.2, -0.15) is 0 Å². The predicted octanol–water partition coefficient (Wildman–Crippen LogP) is 3.47. The van der Waals surface area contributed by atoms with Gasteiger partial charge in [-0.05, 0) is 36.8 Å². The summed E-state index contributed by atoms with van der Waals surface area (Å²) in [4.78, 5) is 27.1. The fourth-order valence-corrected chi connectivity index (χ4v) is 3.62. The van der Waals surface area contributed by atoms with Crippen LogP contribution in [0.5, 0.6) is 5.75 Å². The highest BCUT2D eigenvalue weighted by atomic mass is 16.5. The molecule has 1 aliphatic rings. The number of hydrogen-bond donors (Lipinski definition) is 1. The number of ether oxygens (including phenoxy) is 1. The van der Waals surface area contributed by atoms with Crippen molar-refractivity contribution in [3.8, 4) is 5.75 Å². The molecule has 2 aromatic carbocycles. The Kier molecular flexibility index (Phi) is 4.94. The van der Waals surface area contributed by atoms with Crippen LogP contribution in [0.4, 0.5) is 5.69 Å². The Balaban J connectivity index is 1.54. The van der Waals surface area contributed by atoms with Crippen LogP contribution < -0.4 is 9.64 Å². The molecule has 1 amide bonds. The number of aliphatic hydroxyl groups is 1. The maximum Gasteiger partial charge on any atom is 0.264 e. The second kappa shape index (κ2) is 7.56. The molecule has 0 aliphatic carbocycles. The molecule has 0 bridgehead atoms. The van der Waals surface area contributed by atoms with Gasteiger partial charge in [0.1, 0.15) is 12.4 Å². The minimum absolute atomic E-state index is 0.116. The summed E-state index contributed by atoms with van der Waals surface area (Å²) in [5.74, 6) is -0.105. The standard InChI is InChI=1S/C23H21NO5/c1-16-7-2-5-10-20(16)29-14-12-24-18-9-4-3-8-17(18)23(27,22(24)26)15-19(25)21-11-6-13-28-21/h2-11,13,27H,12,14-15H2,1H3/t23-/m1/s1. The van der Waals surface area contributed by atoms with Crippen molar-refractivity contribution < 1.29 is 23.8 Å². The van der Waals surface area contributed by atoms with E-state index in [-0.39, 0.29) is 25.3 Å². The zero-order chi connectivity index (χ0) is 20.4. The van der Waals surface area contributed by atoms with Gasteiger partial charge < -0.3 is 19.2 Å². The van der Waals surface area contributed by atoms with Crippen LogP contribution in [0, 0.1) is 6.92 Å². The molecule has 1 aromatic heterocycles. The van der Waals surface area contributed by atoms with Crippen molar-refractivity contribution in [2.24, 2.45) is 0 Å². The summed E-state index contributed by atoms with van der Waals surface area (Å²) in [6.45, 7) is 2.46. The molecule has 6 nitrogen and oxygen atoms in total. The van der Waals surface area contributed by atoms with Crippen LogP contribution in [0.2, 0.25) is 0 Å². The Bertz CT molecular complexity index is 1040. The highest BCUT2D eigenvalue weighted by Gasteiger charge is 2.51. The van der Waals surface area contributed by atoms with Crippen LogP contribution >= 0.6 is 0 Å². The molecule has 6 heteroatoms. The Morgan fingerprint density at radius 2 is 1.86 bits per heavy atom. The quantitative estimate of drug-likeness (QED) is 0.624. The van der Waals surface area contributed by atoms with E-state index in [1.807, 2.05) is 31.2 Å². The van der Waals surface area contributed by atoms with Gasteiger partial charge in [0, 0.05) is 5.56 Å². The Morgan fingerprint density at radius 1 is 1.10 bits per heavy atom. The lowest BCUT2D eigenvalue weighted by Gasteiger charge is -2.22. The average molecular weight is 391 g/mol. The van der Waals surface area contributed by atoms with E-state index < -0.39 is 17.3 Å². The number of fused-ring (bicyclic) bond motifs is 1. The zero-order valence-corrected chi connectivity index (χ0v) is 16.0. The molecule has 2 heterocycles. The van der Waals surface area contributed by atoms with E-state index in [4.69, 9.17) is 9.15 Å². The number of amides is 1. The molecule has 0 fully saturated rings. The van der Waals surface area contributed by atoms with Crippen molar-refractivity contribution in [1.82, 2.24) is 0 Å². The molecule has 0 radical (unpaired) electrons. The lowest BCUT2D eigenvalue weighted by atomic mass is 9.89. The third-order valence-electron chi connectivity index (χ3n) is 5.12. The Labute approximate surface area is 168 Å². The first-order valence-electron chi connectivity index (χ1n) is 9.40. The number of para-hydroxylation sites is 2. The normalized spacial score (nSPS) is 18.0. The van der Waals surface area contributed by atoms with Gasteiger partial charge in [-0.15, -0.1) is 0 Å². The number of carbonyl (C=O) groups is 2. The summed E-state index contributed by atoms with van der Waals surface area (Å²) in [5, 5.41) is 11.2. The smallest absolute Gasteiger partial charge is 0.264 e. The maximum absolute atomic E-state index is 13.1. The average Bonchev–Trinajstić information content (AvgIpc) is 3.33. The van der Waals surface area contributed by atoms with Gasteiger partial charge in [-0.25, -0.2) is 0 Å². The van der Waals surface area contributed by atoms with E-state index in [1.54, 1.807) is 30.3 Å². The molecular weight excluding hydrogens is 370 g/mol. The summed E-state index contributed by atoms with van der Waals surface area (Å²) in [6, 6.07) is 17.7. The van der Waals surface area contributed by atoms with Crippen LogP contribution in [-0.2, 0) is 10.4 Å². The van der Waals surface area contributed by atoms with Crippen LogP contribution in [0.15, 0.2) is 71.3 Å². The van der Waals surface area contributed by atoms with Crippen molar-refractivity contribution in [3.05, 3.63) is 83.8 Å². The van der Waals surface area contributed by atoms with E-state index in [0.717, 1.165) is 11.3 Å². The Hall–Kier alpha value is -3.38. The predicted molar refractivity (Wildman–Crippen MR) is 107 cm³/mol. The van der Waals surface area contributed by atoms with Gasteiger partial charge in [0.25, 0.3) is 5.91 Å². The molecule has 1 N–H and O–H groups in total. The van der Waals surface area contributed by atoms with Gasteiger partial charge in [-0.1, -0.05) is 36.4 Å². The van der Waals surface area contributed by atoms with Crippen molar-refractivity contribution in [2.75, 3.05) is 18.1 Å². The van der Waals surface area contributed by atoms with E-state index in [1.165, 1.54) is 17.2 Å². The summed E-state index contributed by atoms with van der Waals surface area (Å²) < 4.78 is 10.9. The third-order valence-corrected chi connectivity index (χ3v) is 5.12. The lowest BCUT2D eigenvalue weighted by molar-refractivity contribution is -0.136. The second-order valence-corrected chi connectivity index (χ2v) is 7.03. The van der Waals surface area contributed by atoms with Crippen LogP contribution in [0.3, 0.4) is 0 Å². The highest BCUT2D eigenvalue weighted by molar-refractivity contribution is 6.10. The molecular formula is C23H21NO5. The molecule has 148 valence electrons. The van der Waals surface area contributed by atoms with Gasteiger partial charge in [0.05, 0.1) is 24.9 Å². The first-order chi connectivity index (χ1) is 14.0. The van der Waals surface area contributed by atoms with E-state index in [2.05, 4.69) is 0 Å². The van der Waals surface area contributed by atoms with E-state index in [0.29, 0.717) is 11.3 Å². The SMILES string of the molecule is Cc1ccccc1OCCN1C(=O)[C@@](O)(CC(=O)c2ccco2)c2ccccc21. The molecule has 0 saturated heterocycles. The van der Waals surface area contributed by atoms with Gasteiger partial charge in [0.15, 0.2) is 11.4 Å². The summed E-state index contributed by atoms with van der Waals surface area (Å²) in [6.07, 6.45) is 1.00. The highest BCUT2D eigenvalue weighted by Crippen LogP contribution is 2.42. The summed E-state index contributed by atoms with van der Waals surface area (Å²) in [5.41, 5.74) is 0.0750. The zero-order valence-electron chi connectivity index (χ0n) is 16.0. The molecule has 4 rings (SSSR count). The van der Waals surface area contributed by atoms with Crippen molar-refractivity contribution in [1.29, 1.82) is 0 Å². The number of carbonyl (C=O) groups excluding carboxylic acids is 2. The van der Waals surface area contributed by atoms with Crippen molar-refractivity contribution in [2.45, 2.75) is 18.9 Å². The number of anilines is 1. The minimum atomic E-state index is -1.93. The third kappa shape index (κ3) is 3.43. The minimum Gasteiger partial charge on any atom is -0.491 e. The summed E-state index contributed by atoms with van der Waals surface area (Å²) in [7, 11) is 0. The largest absolute Gasteiger partial charge is 0.491 e. The van der Waals surface area contributed by atoms with Crippen molar-refractivity contribution in [3.63, 3.8) is 0 Å². The Morgan fingerprint density at radius 3 is 2.62 bits per heavy atom. The van der Waals surface area contributed by atoms with Crippen molar-refractivity contribution >= 4 is 17.4 Å². The fourth-order valence-electron chi connectivity index (χ4n) is 3.62. The number of rotatable bonds is 7. The molecule has 0 saturated carbocycles. The molecule has 0 spiro atoms. The molecule has 0 unspecified atom stereocenters. The fraction of sp³-hybridized carbons (Fsp3) is 0.217. The van der Waals surface area contributed by atoms with Crippen LogP contribution in [0.25, 0.3) is 0 Å². The number of hydrogen-bond acceptors (Lipinski definition) is 5. The topological polar surface area (TPSA) is 80.0 Å². The van der Waals surface area contributed by atoms with Gasteiger partial charge in [0.2, 0.25) is 5.78 Å². The summed E-state index contributed by atoms with van der Waals surface area (Å²) >= 11 is 0. The monoisotopic (exact) mass is 391 g/mol. The first-order valence-corrected chi connectivity index (χ1v) is 9.40. The second-order valence-electron chi connectivity index (χ2n) is 7.03. The number of benzene rings is 2. The van der Waals surface area contributed by atoms with E-state index >= 15 is 0 Å². The first kappa shape index (κ1) is 19.0. The number of aryl methyl sites for hydroxylation is 1. The number of furan rings is 1. The molecule has 29 heavy (non-hydrogen) atoms. The molecule has 3 aromatic rings. The van der Waals surface area contributed by atoms with Crippen LogP contribution in [-0.4, -0.2) is 29.9 Å². The molecule has 1 atom stereocenters. The molecule has 1 aliphatic heterocycles. The van der Waals surface area contributed by atoms with Crippen LogP contribution in [0.1, 0.15) is 28.1 Å². The number of Topliss-reactive ketones (excluding diaryl/α,β-unsaturated/α-hetero) is 1. The van der Waals surface area contributed by atoms with Gasteiger partial charge >= 0.3 is 0 Å². The number of nitrogens with zero attached hydrogens (tertiary/aromatic N) is 1. The van der Waals surface area contributed by atoms with E-state index in [9.17, 15) is 14.7 Å².